The highest BCUT2D eigenvalue weighted by Crippen LogP contribution is 2.21. The van der Waals surface area contributed by atoms with Crippen molar-refractivity contribution in [3.63, 3.8) is 0 Å². The Morgan fingerprint density at radius 1 is 1.40 bits per heavy atom. The maximum atomic E-state index is 12.1. The predicted molar refractivity (Wildman–Crippen MR) is 79.5 cm³/mol. The Labute approximate surface area is 123 Å². The number of benzene rings is 1. The molecule has 0 spiro atoms. The molecule has 0 aliphatic rings. The zero-order valence-electron chi connectivity index (χ0n) is 11.8. The first-order valence-electron chi connectivity index (χ1n) is 6.43. The van der Waals surface area contributed by atoms with E-state index >= 15 is 0 Å². The van der Waals surface area contributed by atoms with E-state index in [0.717, 1.165) is 0 Å². The first kappa shape index (κ1) is 16.3. The standard InChI is InChI=1S/C14H19ClN2O3/c1-4-17(8-9(2)3)14(20)16-12-6-5-10(15)7-11(12)13(18)19/h5-7,9H,4,8H2,1-3H3,(H,16,20)(H,18,19). The monoisotopic (exact) mass is 298 g/mol. The second kappa shape index (κ2) is 7.14. The Bertz CT molecular complexity index is 503. The molecule has 0 aliphatic carbocycles. The lowest BCUT2D eigenvalue weighted by molar-refractivity contribution is 0.0698. The van der Waals surface area contributed by atoms with E-state index in [-0.39, 0.29) is 17.3 Å². The molecule has 0 heterocycles. The van der Waals surface area contributed by atoms with Crippen molar-refractivity contribution < 1.29 is 14.7 Å². The molecule has 2 amide bonds. The van der Waals surface area contributed by atoms with E-state index < -0.39 is 5.97 Å². The van der Waals surface area contributed by atoms with Gasteiger partial charge in [-0.3, -0.25) is 0 Å². The molecule has 1 aromatic carbocycles. The number of nitrogens with zero attached hydrogens (tertiary/aromatic N) is 1. The molecular formula is C14H19ClN2O3. The molecule has 0 saturated heterocycles. The minimum absolute atomic E-state index is 0.0218. The van der Waals surface area contributed by atoms with E-state index in [2.05, 4.69) is 5.32 Å². The number of carbonyl (C=O) groups is 2. The van der Waals surface area contributed by atoms with Crippen LogP contribution in [0.2, 0.25) is 5.02 Å². The van der Waals surface area contributed by atoms with Crippen molar-refractivity contribution >= 4 is 29.3 Å². The molecule has 0 unspecified atom stereocenters. The third-order valence-corrected chi connectivity index (χ3v) is 2.94. The summed E-state index contributed by atoms with van der Waals surface area (Å²) in [5, 5.41) is 12.1. The molecule has 2 N–H and O–H groups in total. The van der Waals surface area contributed by atoms with Gasteiger partial charge < -0.3 is 15.3 Å². The Morgan fingerprint density at radius 2 is 2.05 bits per heavy atom. The fourth-order valence-electron chi connectivity index (χ4n) is 1.79. The summed E-state index contributed by atoms with van der Waals surface area (Å²) in [6, 6.07) is 4.04. The van der Waals surface area contributed by atoms with Crippen LogP contribution in [0.1, 0.15) is 31.1 Å². The van der Waals surface area contributed by atoms with Gasteiger partial charge in [-0.15, -0.1) is 0 Å². The van der Waals surface area contributed by atoms with E-state index in [1.54, 1.807) is 11.0 Å². The molecule has 0 bridgehead atoms. The number of halogens is 1. The Balaban J connectivity index is 2.92. The maximum absolute atomic E-state index is 12.1. The van der Waals surface area contributed by atoms with Gasteiger partial charge in [0.2, 0.25) is 0 Å². The Hall–Kier alpha value is -1.75. The summed E-state index contributed by atoms with van der Waals surface area (Å²) in [5.41, 5.74) is 0.223. The Morgan fingerprint density at radius 3 is 2.55 bits per heavy atom. The Kier molecular flexibility index (Phi) is 5.82. The van der Waals surface area contributed by atoms with Crippen LogP contribution in [0, 0.1) is 5.92 Å². The summed E-state index contributed by atoms with van der Waals surface area (Å²) < 4.78 is 0. The van der Waals surface area contributed by atoms with Gasteiger partial charge in [0, 0.05) is 18.1 Å². The molecule has 5 nitrogen and oxygen atoms in total. The number of rotatable bonds is 5. The van der Waals surface area contributed by atoms with E-state index in [1.165, 1.54) is 12.1 Å². The molecule has 1 aromatic rings. The molecule has 0 aliphatic heterocycles. The van der Waals surface area contributed by atoms with Crippen LogP contribution in [-0.2, 0) is 0 Å². The lowest BCUT2D eigenvalue weighted by Gasteiger charge is -2.23. The van der Waals surface area contributed by atoms with Gasteiger partial charge in [-0.25, -0.2) is 9.59 Å². The fraction of sp³-hybridized carbons (Fsp3) is 0.429. The minimum Gasteiger partial charge on any atom is -0.478 e. The van der Waals surface area contributed by atoms with Gasteiger partial charge in [-0.1, -0.05) is 25.4 Å². The van der Waals surface area contributed by atoms with Crippen LogP contribution in [0.25, 0.3) is 0 Å². The zero-order chi connectivity index (χ0) is 15.3. The highest BCUT2D eigenvalue weighted by atomic mass is 35.5. The highest BCUT2D eigenvalue weighted by molar-refractivity contribution is 6.31. The van der Waals surface area contributed by atoms with E-state index in [0.29, 0.717) is 24.0 Å². The van der Waals surface area contributed by atoms with Gasteiger partial charge in [-0.05, 0) is 31.0 Å². The number of nitrogens with one attached hydrogen (secondary N) is 1. The topological polar surface area (TPSA) is 69.6 Å². The number of urea groups is 1. The number of amides is 2. The van der Waals surface area contributed by atoms with Crippen molar-refractivity contribution in [2.45, 2.75) is 20.8 Å². The van der Waals surface area contributed by atoms with E-state index in [4.69, 9.17) is 16.7 Å². The fourth-order valence-corrected chi connectivity index (χ4v) is 1.97. The summed E-state index contributed by atoms with van der Waals surface area (Å²) >= 11 is 5.77. The number of carbonyl (C=O) groups excluding carboxylic acids is 1. The molecule has 110 valence electrons. The molecule has 1 rings (SSSR count). The third kappa shape index (κ3) is 4.42. The SMILES string of the molecule is CCN(CC(C)C)C(=O)Nc1ccc(Cl)cc1C(=O)O. The quantitative estimate of drug-likeness (QED) is 0.873. The van der Waals surface area contributed by atoms with Crippen LogP contribution in [0.15, 0.2) is 18.2 Å². The summed E-state index contributed by atoms with van der Waals surface area (Å²) in [7, 11) is 0. The number of carboxylic acids is 1. The molecule has 0 aromatic heterocycles. The van der Waals surface area contributed by atoms with Gasteiger partial charge in [-0.2, -0.15) is 0 Å². The van der Waals surface area contributed by atoms with Gasteiger partial charge >= 0.3 is 12.0 Å². The maximum Gasteiger partial charge on any atom is 0.337 e. The minimum atomic E-state index is -1.13. The lowest BCUT2D eigenvalue weighted by Crippen LogP contribution is -2.37. The van der Waals surface area contributed by atoms with Crippen LogP contribution >= 0.6 is 11.6 Å². The van der Waals surface area contributed by atoms with E-state index in [1.807, 2.05) is 20.8 Å². The zero-order valence-corrected chi connectivity index (χ0v) is 12.6. The first-order chi connectivity index (χ1) is 9.35. The summed E-state index contributed by atoms with van der Waals surface area (Å²) in [5.74, 6) is -0.792. The number of anilines is 1. The summed E-state index contributed by atoms with van der Waals surface area (Å²) in [6.45, 7) is 7.07. The van der Waals surface area contributed by atoms with Crippen LogP contribution in [0.3, 0.4) is 0 Å². The largest absolute Gasteiger partial charge is 0.478 e. The number of hydrogen-bond donors (Lipinski definition) is 2. The van der Waals surface area contributed by atoms with Crippen molar-refractivity contribution in [1.29, 1.82) is 0 Å². The molecule has 6 heteroatoms. The second-order valence-corrected chi connectivity index (χ2v) is 5.29. The molecule has 0 fully saturated rings. The molecule has 0 radical (unpaired) electrons. The van der Waals surface area contributed by atoms with Crippen LogP contribution in [0.4, 0.5) is 10.5 Å². The van der Waals surface area contributed by atoms with Gasteiger partial charge in [0.1, 0.15) is 0 Å². The van der Waals surface area contributed by atoms with Gasteiger partial charge in [0.05, 0.1) is 11.3 Å². The molecule has 0 saturated carbocycles. The average molecular weight is 299 g/mol. The van der Waals surface area contributed by atoms with Crippen molar-refractivity contribution in [2.24, 2.45) is 5.92 Å². The van der Waals surface area contributed by atoms with Crippen molar-refractivity contribution in [2.75, 3.05) is 18.4 Å². The number of carboxylic acid groups (broad SMARTS) is 1. The average Bonchev–Trinajstić information content (AvgIpc) is 2.37. The van der Waals surface area contributed by atoms with Crippen LogP contribution < -0.4 is 5.32 Å². The first-order valence-corrected chi connectivity index (χ1v) is 6.81. The van der Waals surface area contributed by atoms with E-state index in [9.17, 15) is 9.59 Å². The highest BCUT2D eigenvalue weighted by Gasteiger charge is 2.17. The van der Waals surface area contributed by atoms with Crippen molar-refractivity contribution in [1.82, 2.24) is 4.90 Å². The predicted octanol–water partition coefficient (Wildman–Crippen LogP) is 3.55. The smallest absolute Gasteiger partial charge is 0.337 e. The summed E-state index contributed by atoms with van der Waals surface area (Å²) in [6.07, 6.45) is 0. The van der Waals surface area contributed by atoms with Crippen molar-refractivity contribution in [3.05, 3.63) is 28.8 Å². The second-order valence-electron chi connectivity index (χ2n) is 4.86. The lowest BCUT2D eigenvalue weighted by atomic mass is 10.2. The number of aromatic carboxylic acids is 1. The normalized spacial score (nSPS) is 10.4. The van der Waals surface area contributed by atoms with Crippen molar-refractivity contribution in [3.8, 4) is 0 Å². The number of hydrogen-bond acceptors (Lipinski definition) is 2. The van der Waals surface area contributed by atoms with Crippen LogP contribution in [-0.4, -0.2) is 35.1 Å². The molecular weight excluding hydrogens is 280 g/mol. The van der Waals surface area contributed by atoms with Gasteiger partial charge in [0.25, 0.3) is 0 Å². The molecule has 20 heavy (non-hydrogen) atoms. The van der Waals surface area contributed by atoms with Gasteiger partial charge in [0.15, 0.2) is 0 Å². The molecule has 0 atom stereocenters. The van der Waals surface area contributed by atoms with Crippen LogP contribution in [0.5, 0.6) is 0 Å². The third-order valence-electron chi connectivity index (χ3n) is 2.71. The summed E-state index contributed by atoms with van der Waals surface area (Å²) in [4.78, 5) is 24.9.